The summed E-state index contributed by atoms with van der Waals surface area (Å²) >= 11 is 0. The standard InChI is InChI=1S/C32H39N3O2/c1-4-22-15-20(2)16-25(17-22)31(36)33-26-12-9-23(10-13-26)29-18-24-11-14-27(19-30(24)35-29)34-32(37)28-8-6-5-7-21(28)3/h9-14,16,18-22,28,35H,4-8,15,17H2,1-3H3,(H,33,36)(H,34,37). The number of carbonyl (C=O) groups is 2. The van der Waals surface area contributed by atoms with Crippen molar-refractivity contribution >= 4 is 34.1 Å². The zero-order valence-electron chi connectivity index (χ0n) is 22.3. The van der Waals surface area contributed by atoms with Gasteiger partial charge in [-0.05, 0) is 79.3 Å². The predicted molar refractivity (Wildman–Crippen MR) is 152 cm³/mol. The van der Waals surface area contributed by atoms with Gasteiger partial charge in [0.1, 0.15) is 0 Å². The molecule has 1 aromatic heterocycles. The van der Waals surface area contributed by atoms with Crippen molar-refractivity contribution in [1.29, 1.82) is 0 Å². The molecule has 0 spiro atoms. The number of nitrogens with one attached hydrogen (secondary N) is 3. The van der Waals surface area contributed by atoms with E-state index in [1.54, 1.807) is 0 Å². The maximum absolute atomic E-state index is 12.9. The minimum absolute atomic E-state index is 0.0144. The van der Waals surface area contributed by atoms with E-state index in [1.807, 2.05) is 42.5 Å². The molecular formula is C32H39N3O2. The number of H-pyrrole nitrogens is 1. The van der Waals surface area contributed by atoms with Crippen LogP contribution in [0.3, 0.4) is 0 Å². The van der Waals surface area contributed by atoms with E-state index in [4.69, 9.17) is 0 Å². The topological polar surface area (TPSA) is 74.0 Å². The molecule has 3 N–H and O–H groups in total. The van der Waals surface area contributed by atoms with Crippen molar-refractivity contribution in [2.45, 2.75) is 65.7 Å². The van der Waals surface area contributed by atoms with E-state index in [0.717, 1.165) is 71.2 Å². The van der Waals surface area contributed by atoms with Gasteiger partial charge in [-0.3, -0.25) is 9.59 Å². The maximum atomic E-state index is 12.9. The van der Waals surface area contributed by atoms with E-state index in [0.29, 0.717) is 17.8 Å². The highest BCUT2D eigenvalue weighted by Crippen LogP contribution is 2.33. The first-order valence-electron chi connectivity index (χ1n) is 14.0. The third kappa shape index (κ3) is 5.82. The Morgan fingerprint density at radius 3 is 2.46 bits per heavy atom. The van der Waals surface area contributed by atoms with Gasteiger partial charge in [0, 0.05) is 39.5 Å². The van der Waals surface area contributed by atoms with Crippen LogP contribution >= 0.6 is 0 Å². The van der Waals surface area contributed by atoms with Gasteiger partial charge in [0.15, 0.2) is 0 Å². The summed E-state index contributed by atoms with van der Waals surface area (Å²) in [5, 5.41) is 7.32. The lowest BCUT2D eigenvalue weighted by Gasteiger charge is -2.27. The first kappa shape index (κ1) is 25.3. The van der Waals surface area contributed by atoms with Crippen LogP contribution in [0.2, 0.25) is 0 Å². The Bertz CT molecular complexity index is 1300. The minimum Gasteiger partial charge on any atom is -0.354 e. The molecule has 3 aromatic rings. The van der Waals surface area contributed by atoms with Gasteiger partial charge in [0.2, 0.25) is 5.91 Å². The Morgan fingerprint density at radius 2 is 1.70 bits per heavy atom. The van der Waals surface area contributed by atoms with E-state index >= 15 is 0 Å². The van der Waals surface area contributed by atoms with Gasteiger partial charge in [-0.25, -0.2) is 0 Å². The van der Waals surface area contributed by atoms with Crippen molar-refractivity contribution in [1.82, 2.24) is 4.98 Å². The molecule has 194 valence electrons. The van der Waals surface area contributed by atoms with E-state index in [2.05, 4.69) is 48.5 Å². The fraction of sp³-hybridized carbons (Fsp3) is 0.438. The maximum Gasteiger partial charge on any atom is 0.251 e. The number of carbonyl (C=O) groups excluding carboxylic acids is 2. The molecule has 2 amide bonds. The smallest absolute Gasteiger partial charge is 0.251 e. The number of amides is 2. The zero-order chi connectivity index (χ0) is 25.9. The van der Waals surface area contributed by atoms with Crippen LogP contribution in [0.5, 0.6) is 0 Å². The molecular weight excluding hydrogens is 458 g/mol. The molecule has 2 aromatic carbocycles. The summed E-state index contributed by atoms with van der Waals surface area (Å²) < 4.78 is 0. The minimum atomic E-state index is 0.0144. The molecule has 1 heterocycles. The Balaban J connectivity index is 1.25. The fourth-order valence-corrected chi connectivity index (χ4v) is 6.12. The van der Waals surface area contributed by atoms with Crippen molar-refractivity contribution in [3.63, 3.8) is 0 Å². The number of benzene rings is 2. The van der Waals surface area contributed by atoms with Gasteiger partial charge in [-0.15, -0.1) is 0 Å². The fourth-order valence-electron chi connectivity index (χ4n) is 6.12. The SMILES string of the molecule is CCC1CC(C(=O)Nc2ccc(-c3cc4ccc(NC(=O)C5CCCCC5C)cc4[nH]3)cc2)=CC(C)C1. The van der Waals surface area contributed by atoms with Gasteiger partial charge in [-0.1, -0.05) is 64.3 Å². The Morgan fingerprint density at radius 1 is 0.946 bits per heavy atom. The monoisotopic (exact) mass is 497 g/mol. The molecule has 5 rings (SSSR count). The highest BCUT2D eigenvalue weighted by Gasteiger charge is 2.28. The number of hydrogen-bond donors (Lipinski definition) is 3. The van der Waals surface area contributed by atoms with E-state index in [1.165, 1.54) is 12.8 Å². The molecule has 2 aliphatic carbocycles. The van der Waals surface area contributed by atoms with Gasteiger partial charge < -0.3 is 15.6 Å². The van der Waals surface area contributed by atoms with E-state index in [9.17, 15) is 9.59 Å². The highest BCUT2D eigenvalue weighted by molar-refractivity contribution is 6.04. The second-order valence-corrected chi connectivity index (χ2v) is 11.3. The number of allylic oxidation sites excluding steroid dienone is 1. The largest absolute Gasteiger partial charge is 0.354 e. The summed E-state index contributed by atoms with van der Waals surface area (Å²) in [6.07, 6.45) is 9.76. The van der Waals surface area contributed by atoms with Crippen molar-refractivity contribution in [3.8, 4) is 11.3 Å². The predicted octanol–water partition coefficient (Wildman–Crippen LogP) is 7.92. The number of hydrogen-bond acceptors (Lipinski definition) is 2. The normalized spacial score (nSPS) is 23.9. The molecule has 0 aliphatic heterocycles. The van der Waals surface area contributed by atoms with Crippen LogP contribution in [0, 0.1) is 23.7 Å². The molecule has 5 heteroatoms. The lowest BCUT2D eigenvalue weighted by molar-refractivity contribution is -0.122. The van der Waals surface area contributed by atoms with Crippen LogP contribution in [0.25, 0.3) is 22.2 Å². The highest BCUT2D eigenvalue weighted by atomic mass is 16.2. The van der Waals surface area contributed by atoms with Gasteiger partial charge in [-0.2, -0.15) is 0 Å². The Kier molecular flexibility index (Phi) is 7.50. The number of fused-ring (bicyclic) bond motifs is 1. The summed E-state index contributed by atoms with van der Waals surface area (Å²) in [5.74, 6) is 1.75. The second kappa shape index (κ2) is 11.0. The zero-order valence-corrected chi connectivity index (χ0v) is 22.3. The average molecular weight is 498 g/mol. The number of rotatable bonds is 6. The van der Waals surface area contributed by atoms with Crippen LogP contribution in [-0.4, -0.2) is 16.8 Å². The van der Waals surface area contributed by atoms with E-state index < -0.39 is 0 Å². The molecule has 4 unspecified atom stereocenters. The molecule has 0 radical (unpaired) electrons. The first-order chi connectivity index (χ1) is 17.9. The van der Waals surface area contributed by atoms with Crippen LogP contribution in [0.1, 0.15) is 65.7 Å². The van der Waals surface area contributed by atoms with Crippen molar-refractivity contribution in [2.24, 2.45) is 23.7 Å². The van der Waals surface area contributed by atoms with Crippen LogP contribution < -0.4 is 10.6 Å². The lowest BCUT2D eigenvalue weighted by atomic mass is 9.80. The van der Waals surface area contributed by atoms with Crippen LogP contribution in [-0.2, 0) is 9.59 Å². The molecule has 2 aliphatic rings. The number of aromatic nitrogens is 1. The molecule has 0 bridgehead atoms. The second-order valence-electron chi connectivity index (χ2n) is 11.3. The van der Waals surface area contributed by atoms with Crippen LogP contribution in [0.4, 0.5) is 11.4 Å². The van der Waals surface area contributed by atoms with Gasteiger partial charge in [0.25, 0.3) is 5.91 Å². The number of anilines is 2. The summed E-state index contributed by atoms with van der Waals surface area (Å²) in [7, 11) is 0. The average Bonchev–Trinajstić information content (AvgIpc) is 3.32. The molecule has 5 nitrogen and oxygen atoms in total. The van der Waals surface area contributed by atoms with Gasteiger partial charge in [0.05, 0.1) is 0 Å². The lowest BCUT2D eigenvalue weighted by Crippen LogP contribution is -2.30. The Hall–Kier alpha value is -3.34. The summed E-state index contributed by atoms with van der Waals surface area (Å²) in [6.45, 7) is 6.59. The van der Waals surface area contributed by atoms with Crippen molar-refractivity contribution < 1.29 is 9.59 Å². The molecule has 0 saturated heterocycles. The van der Waals surface area contributed by atoms with Crippen LogP contribution in [0.15, 0.2) is 60.2 Å². The quantitative estimate of drug-likeness (QED) is 0.323. The molecule has 4 atom stereocenters. The molecule has 1 fully saturated rings. The Labute approximate surface area is 220 Å². The molecule has 1 saturated carbocycles. The molecule has 37 heavy (non-hydrogen) atoms. The third-order valence-electron chi connectivity index (χ3n) is 8.36. The van der Waals surface area contributed by atoms with Crippen molar-refractivity contribution in [3.05, 3.63) is 60.2 Å². The third-order valence-corrected chi connectivity index (χ3v) is 8.36. The summed E-state index contributed by atoms with van der Waals surface area (Å²) in [4.78, 5) is 29.2. The number of aromatic amines is 1. The summed E-state index contributed by atoms with van der Waals surface area (Å²) in [6, 6.07) is 16.1. The van der Waals surface area contributed by atoms with E-state index in [-0.39, 0.29) is 17.7 Å². The first-order valence-corrected chi connectivity index (χ1v) is 14.0. The van der Waals surface area contributed by atoms with Gasteiger partial charge >= 0.3 is 0 Å². The summed E-state index contributed by atoms with van der Waals surface area (Å²) in [5.41, 5.74) is 5.59. The van der Waals surface area contributed by atoms with Crippen molar-refractivity contribution in [2.75, 3.05) is 10.6 Å².